The number of nitrogens with two attached hydrogens (primary N) is 1. The number of hydrogen-bond donors (Lipinski definition) is 2. The Labute approximate surface area is 89.4 Å². The zero-order chi connectivity index (χ0) is 10.9. The van der Waals surface area contributed by atoms with Gasteiger partial charge in [-0.05, 0) is 25.4 Å². The molecule has 5 nitrogen and oxygen atoms in total. The van der Waals surface area contributed by atoms with Crippen molar-refractivity contribution in [2.24, 2.45) is 11.7 Å². The van der Waals surface area contributed by atoms with Gasteiger partial charge in [-0.25, -0.2) is 0 Å². The highest BCUT2D eigenvalue weighted by molar-refractivity contribution is 5.08. The molecule has 3 N–H and O–H groups in total. The maximum absolute atomic E-state index is 6.37. The van der Waals surface area contributed by atoms with Gasteiger partial charge < -0.3 is 15.6 Å². The van der Waals surface area contributed by atoms with E-state index in [0.717, 1.165) is 25.9 Å². The number of aromatic nitrogens is 2. The van der Waals surface area contributed by atoms with Crippen LogP contribution in [-0.2, 0) is 12.0 Å². The molecule has 2 heterocycles. The predicted octanol–water partition coefficient (Wildman–Crippen LogP) is 0.415. The summed E-state index contributed by atoms with van der Waals surface area (Å²) in [5.74, 6) is 1.66. The number of aryl methyl sites for hydroxylation is 1. The van der Waals surface area contributed by atoms with Crippen LogP contribution in [0.15, 0.2) is 4.52 Å². The highest BCUT2D eigenvalue weighted by Crippen LogP contribution is 2.30. The van der Waals surface area contributed by atoms with Gasteiger partial charge in [-0.2, -0.15) is 4.98 Å². The minimum Gasteiger partial charge on any atom is -0.339 e. The number of rotatable bonds is 2. The van der Waals surface area contributed by atoms with Crippen molar-refractivity contribution in [1.29, 1.82) is 0 Å². The van der Waals surface area contributed by atoms with Crippen LogP contribution in [0.4, 0.5) is 0 Å². The molecule has 0 saturated carbocycles. The molecule has 84 valence electrons. The third-order valence-electron chi connectivity index (χ3n) is 3.23. The molecule has 1 aliphatic rings. The van der Waals surface area contributed by atoms with Gasteiger partial charge in [0.25, 0.3) is 0 Å². The number of nitrogens with zero attached hydrogens (tertiary/aromatic N) is 2. The summed E-state index contributed by atoms with van der Waals surface area (Å²) in [7, 11) is 0. The van der Waals surface area contributed by atoms with Crippen LogP contribution in [0, 0.1) is 5.92 Å². The molecule has 15 heavy (non-hydrogen) atoms. The summed E-state index contributed by atoms with van der Waals surface area (Å²) < 4.78 is 5.12. The lowest BCUT2D eigenvalue weighted by molar-refractivity contribution is 0.204. The quantitative estimate of drug-likeness (QED) is 0.739. The normalized spacial score (nSPS) is 31.8. The molecule has 0 aliphatic carbocycles. The van der Waals surface area contributed by atoms with Gasteiger partial charge in [-0.15, -0.1) is 0 Å². The molecule has 2 rings (SSSR count). The van der Waals surface area contributed by atoms with Crippen LogP contribution in [0.1, 0.15) is 32.0 Å². The molecule has 1 aromatic rings. The largest absolute Gasteiger partial charge is 0.339 e. The summed E-state index contributed by atoms with van der Waals surface area (Å²) in [6.07, 6.45) is 1.62. The highest BCUT2D eigenvalue weighted by atomic mass is 16.5. The van der Waals surface area contributed by atoms with Crippen LogP contribution in [0.5, 0.6) is 0 Å². The first-order valence-corrected chi connectivity index (χ1v) is 5.49. The van der Waals surface area contributed by atoms with E-state index in [1.54, 1.807) is 0 Å². The Hall–Kier alpha value is -0.940. The Morgan fingerprint density at radius 3 is 3.07 bits per heavy atom. The summed E-state index contributed by atoms with van der Waals surface area (Å²) in [6, 6.07) is 0. The molecule has 1 aromatic heterocycles. The third kappa shape index (κ3) is 1.77. The zero-order valence-corrected chi connectivity index (χ0v) is 9.29. The lowest BCUT2D eigenvalue weighted by atomic mass is 9.80. The number of piperidine rings is 1. The van der Waals surface area contributed by atoms with Gasteiger partial charge in [0.1, 0.15) is 0 Å². The smallest absolute Gasteiger partial charge is 0.226 e. The molecule has 2 unspecified atom stereocenters. The second-order valence-electron chi connectivity index (χ2n) is 4.26. The van der Waals surface area contributed by atoms with Crippen molar-refractivity contribution in [1.82, 2.24) is 15.5 Å². The van der Waals surface area contributed by atoms with E-state index < -0.39 is 5.54 Å². The fourth-order valence-corrected chi connectivity index (χ4v) is 1.96. The molecule has 0 radical (unpaired) electrons. The minimum absolute atomic E-state index is 0.327. The lowest BCUT2D eigenvalue weighted by Gasteiger charge is -2.37. The molecule has 0 spiro atoms. The van der Waals surface area contributed by atoms with Crippen LogP contribution in [0.2, 0.25) is 0 Å². The Morgan fingerprint density at radius 1 is 1.67 bits per heavy atom. The van der Waals surface area contributed by atoms with Crippen molar-refractivity contribution in [2.45, 2.75) is 32.2 Å². The Kier molecular flexibility index (Phi) is 2.75. The molecule has 2 atom stereocenters. The van der Waals surface area contributed by atoms with Gasteiger partial charge in [0.2, 0.25) is 5.89 Å². The second-order valence-corrected chi connectivity index (χ2v) is 4.26. The van der Waals surface area contributed by atoms with Crippen LogP contribution < -0.4 is 11.1 Å². The fourth-order valence-electron chi connectivity index (χ4n) is 1.96. The van der Waals surface area contributed by atoms with Crippen LogP contribution in [0.25, 0.3) is 0 Å². The SMILES string of the molecule is CCc1nc(C2(N)CCNCC2C)no1. The van der Waals surface area contributed by atoms with E-state index in [2.05, 4.69) is 22.4 Å². The maximum Gasteiger partial charge on any atom is 0.226 e. The van der Waals surface area contributed by atoms with Gasteiger partial charge >= 0.3 is 0 Å². The molecule has 0 amide bonds. The molecule has 1 fully saturated rings. The monoisotopic (exact) mass is 210 g/mol. The van der Waals surface area contributed by atoms with Crippen molar-refractivity contribution in [3.05, 3.63) is 11.7 Å². The van der Waals surface area contributed by atoms with Crippen LogP contribution >= 0.6 is 0 Å². The molecule has 5 heteroatoms. The van der Waals surface area contributed by atoms with E-state index in [9.17, 15) is 0 Å². The topological polar surface area (TPSA) is 77.0 Å². The Bertz CT molecular complexity index is 338. The molecule has 1 saturated heterocycles. The first-order valence-electron chi connectivity index (χ1n) is 5.49. The molecule has 1 aliphatic heterocycles. The molecular weight excluding hydrogens is 192 g/mol. The van der Waals surface area contributed by atoms with Gasteiger partial charge in [0, 0.05) is 6.42 Å². The van der Waals surface area contributed by atoms with E-state index in [-0.39, 0.29) is 0 Å². The summed E-state index contributed by atoms with van der Waals surface area (Å²) in [6.45, 7) is 5.93. The Balaban J connectivity index is 2.26. The van der Waals surface area contributed by atoms with Crippen LogP contribution in [0.3, 0.4) is 0 Å². The van der Waals surface area contributed by atoms with Crippen molar-refractivity contribution in [3.8, 4) is 0 Å². The first-order chi connectivity index (χ1) is 7.16. The van der Waals surface area contributed by atoms with Crippen molar-refractivity contribution in [3.63, 3.8) is 0 Å². The molecular formula is C10H18N4O. The number of nitrogens with one attached hydrogen (secondary N) is 1. The highest BCUT2D eigenvalue weighted by Gasteiger charge is 2.40. The standard InChI is InChI=1S/C10H18N4O/c1-3-8-13-9(14-15-8)10(11)4-5-12-6-7(10)2/h7,12H,3-6,11H2,1-2H3. The molecule has 0 bridgehead atoms. The zero-order valence-electron chi connectivity index (χ0n) is 9.29. The molecule has 0 aromatic carbocycles. The van der Waals surface area contributed by atoms with E-state index in [0.29, 0.717) is 17.6 Å². The van der Waals surface area contributed by atoms with Gasteiger partial charge in [0.05, 0.1) is 5.54 Å². The number of hydrogen-bond acceptors (Lipinski definition) is 5. The summed E-state index contributed by atoms with van der Waals surface area (Å²) in [4.78, 5) is 4.34. The van der Waals surface area contributed by atoms with Gasteiger partial charge in [-0.1, -0.05) is 19.0 Å². The van der Waals surface area contributed by atoms with E-state index in [4.69, 9.17) is 10.3 Å². The lowest BCUT2D eigenvalue weighted by Crippen LogP contribution is -2.53. The average molecular weight is 210 g/mol. The van der Waals surface area contributed by atoms with Crippen molar-refractivity contribution in [2.75, 3.05) is 13.1 Å². The van der Waals surface area contributed by atoms with E-state index >= 15 is 0 Å². The third-order valence-corrected chi connectivity index (χ3v) is 3.23. The fraction of sp³-hybridized carbons (Fsp3) is 0.800. The van der Waals surface area contributed by atoms with Gasteiger partial charge in [0.15, 0.2) is 5.82 Å². The second kappa shape index (κ2) is 3.90. The van der Waals surface area contributed by atoms with E-state index in [1.807, 2.05) is 6.92 Å². The van der Waals surface area contributed by atoms with Gasteiger partial charge in [-0.3, -0.25) is 0 Å². The summed E-state index contributed by atoms with van der Waals surface area (Å²) in [5.41, 5.74) is 5.94. The summed E-state index contributed by atoms with van der Waals surface area (Å²) >= 11 is 0. The van der Waals surface area contributed by atoms with Crippen molar-refractivity contribution < 1.29 is 4.52 Å². The first kappa shape index (κ1) is 10.6. The average Bonchev–Trinajstić information content (AvgIpc) is 2.71. The predicted molar refractivity (Wildman–Crippen MR) is 56.2 cm³/mol. The summed E-state index contributed by atoms with van der Waals surface area (Å²) in [5, 5.41) is 7.31. The minimum atomic E-state index is -0.428. The van der Waals surface area contributed by atoms with E-state index in [1.165, 1.54) is 0 Å². The Morgan fingerprint density at radius 2 is 2.47 bits per heavy atom. The van der Waals surface area contributed by atoms with Crippen molar-refractivity contribution >= 4 is 0 Å². The maximum atomic E-state index is 6.37. The van der Waals surface area contributed by atoms with Crippen LogP contribution in [-0.4, -0.2) is 23.2 Å².